The Labute approximate surface area is 176 Å². The van der Waals surface area contributed by atoms with Crippen molar-refractivity contribution in [1.82, 2.24) is 10.3 Å². The Morgan fingerprint density at radius 1 is 0.900 bits per heavy atom. The molecule has 4 aromatic rings. The zero-order chi connectivity index (χ0) is 20.8. The molecule has 0 bridgehead atoms. The van der Waals surface area contributed by atoms with Gasteiger partial charge in [0, 0.05) is 22.8 Å². The second-order valence-electron chi connectivity index (χ2n) is 7.49. The molecule has 0 aliphatic heterocycles. The number of aryl methyl sites for hydroxylation is 1. The van der Waals surface area contributed by atoms with Crippen molar-refractivity contribution in [3.63, 3.8) is 0 Å². The monoisotopic (exact) mass is 404 g/mol. The molecule has 0 amide bonds. The van der Waals surface area contributed by atoms with E-state index in [2.05, 4.69) is 22.4 Å². The van der Waals surface area contributed by atoms with Crippen LogP contribution in [0.15, 0.2) is 66.7 Å². The summed E-state index contributed by atoms with van der Waals surface area (Å²) in [6, 6.07) is 22.1. The van der Waals surface area contributed by atoms with Crippen LogP contribution in [0.3, 0.4) is 0 Å². The predicted octanol–water partition coefficient (Wildman–Crippen LogP) is 4.43. The van der Waals surface area contributed by atoms with Crippen LogP contribution >= 0.6 is 0 Å². The van der Waals surface area contributed by atoms with Crippen LogP contribution in [0.5, 0.6) is 11.5 Å². The first-order chi connectivity index (χ1) is 14.7. The van der Waals surface area contributed by atoms with Crippen LogP contribution in [0.2, 0.25) is 0 Å². The normalized spacial score (nSPS) is 12.3. The minimum absolute atomic E-state index is 0.241. The van der Waals surface area contributed by atoms with Crippen molar-refractivity contribution in [1.29, 1.82) is 0 Å². The highest BCUT2D eigenvalue weighted by molar-refractivity contribution is 6.10. The lowest BCUT2D eigenvalue weighted by molar-refractivity contribution is 0.107. The van der Waals surface area contributed by atoms with Crippen LogP contribution in [-0.2, 0) is 0 Å². The zero-order valence-electron chi connectivity index (χ0n) is 17.2. The molecule has 0 saturated heterocycles. The third-order valence-corrected chi connectivity index (χ3v) is 5.15. The summed E-state index contributed by atoms with van der Waals surface area (Å²) in [7, 11) is 0. The van der Waals surface area contributed by atoms with Crippen LogP contribution in [0.1, 0.15) is 12.0 Å². The number of ether oxygens (including phenoxy) is 2. The van der Waals surface area contributed by atoms with E-state index in [9.17, 15) is 5.11 Å². The number of hydrogen-bond acceptors (Lipinski definition) is 4. The molecule has 1 aromatic heterocycles. The summed E-state index contributed by atoms with van der Waals surface area (Å²) < 4.78 is 11.7. The summed E-state index contributed by atoms with van der Waals surface area (Å²) in [4.78, 5) is 3.41. The molecule has 4 rings (SSSR count). The molecule has 1 atom stereocenters. The number of para-hydroxylation sites is 2. The molecule has 5 heteroatoms. The first-order valence-electron chi connectivity index (χ1n) is 10.4. The Bertz CT molecular complexity index is 1110. The number of fused-ring (bicyclic) bond motifs is 3. The predicted molar refractivity (Wildman–Crippen MR) is 121 cm³/mol. The second-order valence-corrected chi connectivity index (χ2v) is 7.49. The van der Waals surface area contributed by atoms with Crippen LogP contribution in [0, 0.1) is 6.92 Å². The number of aliphatic hydroxyl groups is 1. The van der Waals surface area contributed by atoms with E-state index in [0.717, 1.165) is 51.8 Å². The van der Waals surface area contributed by atoms with Crippen molar-refractivity contribution in [2.75, 3.05) is 26.3 Å². The minimum atomic E-state index is -0.581. The second kappa shape index (κ2) is 9.65. The van der Waals surface area contributed by atoms with Gasteiger partial charge in [0.05, 0.1) is 12.1 Å². The first kappa shape index (κ1) is 20.3. The summed E-state index contributed by atoms with van der Waals surface area (Å²) in [5.74, 6) is 1.72. The molecule has 0 saturated carbocycles. The van der Waals surface area contributed by atoms with E-state index in [1.807, 2.05) is 61.5 Å². The third kappa shape index (κ3) is 4.75. The Kier molecular flexibility index (Phi) is 6.52. The molecule has 1 unspecified atom stereocenters. The lowest BCUT2D eigenvalue weighted by Crippen LogP contribution is -2.32. The molecule has 30 heavy (non-hydrogen) atoms. The molecule has 0 spiro atoms. The summed E-state index contributed by atoms with van der Waals surface area (Å²) in [5, 5.41) is 15.7. The van der Waals surface area contributed by atoms with Crippen LogP contribution < -0.4 is 14.8 Å². The summed E-state index contributed by atoms with van der Waals surface area (Å²) >= 11 is 0. The zero-order valence-corrected chi connectivity index (χ0v) is 17.2. The van der Waals surface area contributed by atoms with Crippen molar-refractivity contribution in [2.45, 2.75) is 19.4 Å². The fraction of sp³-hybridized carbons (Fsp3) is 0.280. The number of rotatable bonds is 10. The van der Waals surface area contributed by atoms with Gasteiger partial charge >= 0.3 is 0 Å². The van der Waals surface area contributed by atoms with Gasteiger partial charge in [-0.1, -0.05) is 42.5 Å². The molecule has 3 N–H and O–H groups in total. The maximum Gasteiger partial charge on any atom is 0.129 e. The first-order valence-corrected chi connectivity index (χ1v) is 10.4. The fourth-order valence-electron chi connectivity index (χ4n) is 3.60. The Balaban J connectivity index is 1.22. The maximum absolute atomic E-state index is 10.3. The average molecular weight is 405 g/mol. The van der Waals surface area contributed by atoms with Gasteiger partial charge in [0.25, 0.3) is 0 Å². The molecule has 0 fully saturated rings. The average Bonchev–Trinajstić information content (AvgIpc) is 3.15. The third-order valence-electron chi connectivity index (χ3n) is 5.15. The van der Waals surface area contributed by atoms with Gasteiger partial charge in [-0.3, -0.25) is 0 Å². The van der Waals surface area contributed by atoms with Crippen molar-refractivity contribution >= 4 is 21.8 Å². The number of hydrogen-bond donors (Lipinski definition) is 3. The van der Waals surface area contributed by atoms with Gasteiger partial charge in [-0.2, -0.15) is 0 Å². The maximum atomic E-state index is 10.3. The fourth-order valence-corrected chi connectivity index (χ4v) is 3.60. The highest BCUT2D eigenvalue weighted by Gasteiger charge is 2.11. The quantitative estimate of drug-likeness (QED) is 0.342. The molecule has 1 heterocycles. The lowest BCUT2D eigenvalue weighted by Gasteiger charge is -2.14. The Hall–Kier alpha value is -3.02. The smallest absolute Gasteiger partial charge is 0.129 e. The van der Waals surface area contributed by atoms with Crippen molar-refractivity contribution in [2.24, 2.45) is 0 Å². The van der Waals surface area contributed by atoms with E-state index >= 15 is 0 Å². The van der Waals surface area contributed by atoms with Gasteiger partial charge in [-0.25, -0.2) is 0 Å². The van der Waals surface area contributed by atoms with Gasteiger partial charge in [0.1, 0.15) is 24.2 Å². The van der Waals surface area contributed by atoms with E-state index in [0.29, 0.717) is 13.2 Å². The Morgan fingerprint density at radius 3 is 2.57 bits per heavy atom. The van der Waals surface area contributed by atoms with Crippen LogP contribution in [-0.4, -0.2) is 42.5 Å². The lowest BCUT2D eigenvalue weighted by atomic mass is 10.1. The summed E-state index contributed by atoms with van der Waals surface area (Å²) in [6.45, 7) is 4.19. The number of H-pyrrole nitrogens is 1. The number of nitrogens with one attached hydrogen (secondary N) is 2. The number of benzene rings is 3. The van der Waals surface area contributed by atoms with Crippen molar-refractivity contribution < 1.29 is 14.6 Å². The van der Waals surface area contributed by atoms with Crippen LogP contribution in [0.25, 0.3) is 21.8 Å². The molecule has 0 aliphatic rings. The van der Waals surface area contributed by atoms with Crippen molar-refractivity contribution in [3.05, 3.63) is 72.3 Å². The van der Waals surface area contributed by atoms with Crippen molar-refractivity contribution in [3.8, 4) is 11.5 Å². The number of aromatic nitrogens is 1. The topological polar surface area (TPSA) is 66.5 Å². The molecular formula is C25H28N2O3. The standard InChI is InChI=1S/C25H28N2O3/c1-18-8-2-5-12-23(18)29-15-7-14-26-16-19(28)17-30-24-13-6-11-22-25(24)20-9-3-4-10-21(20)27-22/h2-6,8-13,19,26-28H,7,14-17H2,1H3. The largest absolute Gasteiger partial charge is 0.493 e. The van der Waals surface area contributed by atoms with Gasteiger partial charge in [0.15, 0.2) is 0 Å². The summed E-state index contributed by atoms with van der Waals surface area (Å²) in [6.07, 6.45) is 0.291. The van der Waals surface area contributed by atoms with Gasteiger partial charge in [-0.15, -0.1) is 0 Å². The van der Waals surface area contributed by atoms with E-state index in [-0.39, 0.29) is 6.61 Å². The number of aromatic amines is 1. The summed E-state index contributed by atoms with van der Waals surface area (Å²) in [5.41, 5.74) is 3.26. The highest BCUT2D eigenvalue weighted by Crippen LogP contribution is 2.32. The Morgan fingerprint density at radius 2 is 1.67 bits per heavy atom. The highest BCUT2D eigenvalue weighted by atomic mass is 16.5. The SMILES string of the molecule is Cc1ccccc1OCCCNCC(O)COc1cccc2[nH]c3ccccc3c12. The van der Waals surface area contributed by atoms with Gasteiger partial charge in [0.2, 0.25) is 0 Å². The van der Waals surface area contributed by atoms with E-state index < -0.39 is 6.10 Å². The van der Waals surface area contributed by atoms with Gasteiger partial charge < -0.3 is 24.9 Å². The molecule has 156 valence electrons. The molecule has 0 radical (unpaired) electrons. The minimum Gasteiger partial charge on any atom is -0.493 e. The van der Waals surface area contributed by atoms with Gasteiger partial charge in [-0.05, 0) is 49.7 Å². The molecule has 3 aromatic carbocycles. The number of aliphatic hydroxyl groups excluding tert-OH is 1. The van der Waals surface area contributed by atoms with E-state index in [1.165, 1.54) is 0 Å². The van der Waals surface area contributed by atoms with Crippen LogP contribution in [0.4, 0.5) is 0 Å². The molecular weight excluding hydrogens is 376 g/mol. The molecule has 5 nitrogen and oxygen atoms in total. The molecule has 0 aliphatic carbocycles. The van der Waals surface area contributed by atoms with E-state index in [1.54, 1.807) is 0 Å². The van der Waals surface area contributed by atoms with E-state index in [4.69, 9.17) is 9.47 Å².